The second kappa shape index (κ2) is 6.72. The van der Waals surface area contributed by atoms with Gasteiger partial charge in [-0.25, -0.2) is 0 Å². The SMILES string of the molecule is CC[Si]1(CC)OC(C2CCCCC2)C(C)=C1c1ccccc1. The summed E-state index contributed by atoms with van der Waals surface area (Å²) >= 11 is 0. The van der Waals surface area contributed by atoms with Gasteiger partial charge < -0.3 is 4.43 Å². The van der Waals surface area contributed by atoms with E-state index in [1.165, 1.54) is 49.8 Å². The van der Waals surface area contributed by atoms with Crippen LogP contribution in [0.4, 0.5) is 0 Å². The number of hydrogen-bond acceptors (Lipinski definition) is 1. The molecule has 1 aromatic carbocycles. The Balaban J connectivity index is 2.01. The fraction of sp³-hybridized carbons (Fsp3) is 0.600. The summed E-state index contributed by atoms with van der Waals surface area (Å²) in [5, 5.41) is 1.62. The predicted octanol–water partition coefficient (Wildman–Crippen LogP) is 5.96. The van der Waals surface area contributed by atoms with Gasteiger partial charge in [0.25, 0.3) is 0 Å². The van der Waals surface area contributed by atoms with Crippen LogP contribution in [0, 0.1) is 5.92 Å². The predicted molar refractivity (Wildman–Crippen MR) is 97.2 cm³/mol. The van der Waals surface area contributed by atoms with Gasteiger partial charge in [0.1, 0.15) is 0 Å². The van der Waals surface area contributed by atoms with Gasteiger partial charge in [-0.1, -0.05) is 63.4 Å². The van der Waals surface area contributed by atoms with Crippen molar-refractivity contribution in [3.05, 3.63) is 41.5 Å². The molecule has 2 aliphatic rings. The first kappa shape index (κ1) is 16.0. The summed E-state index contributed by atoms with van der Waals surface area (Å²) in [7, 11) is -1.78. The molecule has 1 aliphatic carbocycles. The molecule has 0 saturated heterocycles. The minimum Gasteiger partial charge on any atom is -0.406 e. The first-order chi connectivity index (χ1) is 10.7. The third-order valence-corrected chi connectivity index (χ3v) is 10.5. The maximum Gasteiger partial charge on any atom is 0.225 e. The molecular formula is C20H30OSi. The van der Waals surface area contributed by atoms with Gasteiger partial charge in [-0.3, -0.25) is 0 Å². The fourth-order valence-electron chi connectivity index (χ4n) is 4.64. The monoisotopic (exact) mass is 314 g/mol. The minimum atomic E-state index is -1.78. The van der Waals surface area contributed by atoms with Crippen LogP contribution < -0.4 is 0 Å². The lowest BCUT2D eigenvalue weighted by Crippen LogP contribution is -2.38. The molecule has 1 heterocycles. The molecule has 0 N–H and O–H groups in total. The largest absolute Gasteiger partial charge is 0.406 e. The molecule has 1 unspecified atom stereocenters. The summed E-state index contributed by atoms with van der Waals surface area (Å²) in [6.07, 6.45) is 7.34. The fourth-order valence-corrected chi connectivity index (χ4v) is 8.71. The maximum absolute atomic E-state index is 6.93. The molecule has 0 aromatic heterocycles. The van der Waals surface area contributed by atoms with Crippen molar-refractivity contribution in [2.24, 2.45) is 5.92 Å². The normalized spacial score (nSPS) is 25.7. The van der Waals surface area contributed by atoms with E-state index in [0.717, 1.165) is 5.92 Å². The van der Waals surface area contributed by atoms with Crippen molar-refractivity contribution in [2.75, 3.05) is 0 Å². The van der Waals surface area contributed by atoms with E-state index in [-0.39, 0.29) is 0 Å². The van der Waals surface area contributed by atoms with Crippen LogP contribution in [0.25, 0.3) is 5.20 Å². The zero-order chi connectivity index (χ0) is 15.6. The molecule has 2 heteroatoms. The van der Waals surface area contributed by atoms with Crippen LogP contribution in [-0.4, -0.2) is 14.4 Å². The van der Waals surface area contributed by atoms with Gasteiger partial charge in [0.15, 0.2) is 0 Å². The summed E-state index contributed by atoms with van der Waals surface area (Å²) in [6.45, 7) is 7.05. The van der Waals surface area contributed by atoms with Crippen molar-refractivity contribution < 1.29 is 4.43 Å². The second-order valence-corrected chi connectivity index (χ2v) is 11.2. The Kier molecular flexibility index (Phi) is 4.89. The lowest BCUT2D eigenvalue weighted by molar-refractivity contribution is 0.139. The van der Waals surface area contributed by atoms with Crippen molar-refractivity contribution in [1.29, 1.82) is 0 Å². The highest BCUT2D eigenvalue weighted by Crippen LogP contribution is 2.47. The first-order valence-electron chi connectivity index (χ1n) is 9.16. The van der Waals surface area contributed by atoms with Crippen LogP contribution in [0.1, 0.15) is 58.4 Å². The van der Waals surface area contributed by atoms with E-state index in [2.05, 4.69) is 51.1 Å². The van der Waals surface area contributed by atoms with Crippen LogP contribution >= 0.6 is 0 Å². The van der Waals surface area contributed by atoms with Gasteiger partial charge in [0, 0.05) is 0 Å². The van der Waals surface area contributed by atoms with Crippen LogP contribution in [-0.2, 0) is 4.43 Å². The quantitative estimate of drug-likeness (QED) is 0.623. The zero-order valence-electron chi connectivity index (χ0n) is 14.4. The maximum atomic E-state index is 6.93. The van der Waals surface area contributed by atoms with Crippen molar-refractivity contribution in [2.45, 2.75) is 71.1 Å². The van der Waals surface area contributed by atoms with Gasteiger partial charge >= 0.3 is 0 Å². The third kappa shape index (κ3) is 2.72. The lowest BCUT2D eigenvalue weighted by atomic mass is 9.82. The molecule has 3 rings (SSSR count). The molecule has 0 radical (unpaired) electrons. The molecule has 1 nitrogen and oxygen atoms in total. The Morgan fingerprint density at radius 2 is 1.64 bits per heavy atom. The Labute approximate surface area is 136 Å². The van der Waals surface area contributed by atoms with Crippen LogP contribution in [0.3, 0.4) is 0 Å². The Morgan fingerprint density at radius 1 is 1.00 bits per heavy atom. The molecular weight excluding hydrogens is 284 g/mol. The van der Waals surface area contributed by atoms with Crippen molar-refractivity contribution in [1.82, 2.24) is 0 Å². The molecule has 1 aliphatic heterocycles. The highest BCUT2D eigenvalue weighted by molar-refractivity contribution is 6.92. The topological polar surface area (TPSA) is 9.23 Å². The van der Waals surface area contributed by atoms with Crippen molar-refractivity contribution in [3.8, 4) is 0 Å². The number of hydrogen-bond donors (Lipinski definition) is 0. The van der Waals surface area contributed by atoms with Crippen LogP contribution in [0.5, 0.6) is 0 Å². The van der Waals surface area contributed by atoms with E-state index in [1.54, 1.807) is 10.8 Å². The Bertz CT molecular complexity index is 524. The van der Waals surface area contributed by atoms with E-state index in [0.29, 0.717) is 6.10 Å². The molecule has 0 amide bonds. The highest BCUT2D eigenvalue weighted by Gasteiger charge is 2.48. The van der Waals surface area contributed by atoms with E-state index in [4.69, 9.17) is 4.43 Å². The molecule has 120 valence electrons. The summed E-state index contributed by atoms with van der Waals surface area (Å²) in [6, 6.07) is 13.5. The van der Waals surface area contributed by atoms with Crippen LogP contribution in [0.2, 0.25) is 12.1 Å². The highest BCUT2D eigenvalue weighted by atomic mass is 28.4. The summed E-state index contributed by atoms with van der Waals surface area (Å²) < 4.78 is 6.93. The van der Waals surface area contributed by atoms with Crippen LogP contribution in [0.15, 0.2) is 35.9 Å². The minimum absolute atomic E-state index is 0.405. The molecule has 1 saturated carbocycles. The Hall–Kier alpha value is -0.863. The van der Waals surface area contributed by atoms with E-state index < -0.39 is 8.32 Å². The van der Waals surface area contributed by atoms with Crippen molar-refractivity contribution >= 4 is 13.5 Å². The van der Waals surface area contributed by atoms with Crippen molar-refractivity contribution in [3.63, 3.8) is 0 Å². The first-order valence-corrected chi connectivity index (χ1v) is 11.5. The molecule has 1 aromatic rings. The zero-order valence-corrected chi connectivity index (χ0v) is 15.4. The number of rotatable bonds is 4. The van der Waals surface area contributed by atoms with Gasteiger partial charge in [-0.15, -0.1) is 0 Å². The van der Waals surface area contributed by atoms with Gasteiger partial charge in [0.2, 0.25) is 8.32 Å². The Morgan fingerprint density at radius 3 is 2.23 bits per heavy atom. The third-order valence-electron chi connectivity index (χ3n) is 5.91. The molecule has 1 atom stereocenters. The van der Waals surface area contributed by atoms with E-state index >= 15 is 0 Å². The molecule has 1 fully saturated rings. The number of benzene rings is 1. The average molecular weight is 315 g/mol. The van der Waals surface area contributed by atoms with Gasteiger partial charge in [-0.05, 0) is 54.1 Å². The standard InChI is InChI=1S/C20H30OSi/c1-4-22(5-2)20(18-14-10-7-11-15-18)16(3)19(21-22)17-12-8-6-9-13-17/h7,10-11,14-15,17,19H,4-6,8-9,12-13H2,1-3H3. The summed E-state index contributed by atoms with van der Waals surface area (Å²) in [5.74, 6) is 0.764. The van der Waals surface area contributed by atoms with E-state index in [9.17, 15) is 0 Å². The summed E-state index contributed by atoms with van der Waals surface area (Å²) in [5.41, 5.74) is 2.99. The molecule has 22 heavy (non-hydrogen) atoms. The lowest BCUT2D eigenvalue weighted by Gasteiger charge is -2.32. The van der Waals surface area contributed by atoms with Gasteiger partial charge in [-0.2, -0.15) is 0 Å². The average Bonchev–Trinajstić information content (AvgIpc) is 2.89. The smallest absolute Gasteiger partial charge is 0.225 e. The summed E-state index contributed by atoms with van der Waals surface area (Å²) in [4.78, 5) is 0. The second-order valence-electron chi connectivity index (χ2n) is 7.06. The van der Waals surface area contributed by atoms with Gasteiger partial charge in [0.05, 0.1) is 6.10 Å². The molecule has 0 bridgehead atoms. The molecule has 0 spiro atoms. The van der Waals surface area contributed by atoms with E-state index in [1.807, 2.05) is 0 Å².